The van der Waals surface area contributed by atoms with Crippen molar-refractivity contribution in [2.75, 3.05) is 19.7 Å². The van der Waals surface area contributed by atoms with Crippen LogP contribution < -0.4 is 21.3 Å². The zero-order chi connectivity index (χ0) is 34.8. The number of likely N-dealkylation sites (tertiary alicyclic amines) is 1. The number of carbonyl (C=O) groups excluding carboxylic acids is 6. The van der Waals surface area contributed by atoms with Gasteiger partial charge in [-0.25, -0.2) is 9.59 Å². The summed E-state index contributed by atoms with van der Waals surface area (Å²) in [6, 6.07) is -4.65. The predicted octanol–water partition coefficient (Wildman–Crippen LogP) is 3.02. The Morgan fingerprint density at radius 3 is 2.20 bits per heavy atom. The lowest BCUT2D eigenvalue weighted by Crippen LogP contribution is -2.61. The lowest BCUT2D eigenvalue weighted by Gasteiger charge is -2.36. The molecule has 0 aromatic heterocycles. The molecule has 0 bridgehead atoms. The van der Waals surface area contributed by atoms with E-state index in [-0.39, 0.29) is 31.3 Å². The van der Waals surface area contributed by atoms with Crippen LogP contribution in [0.5, 0.6) is 0 Å². The van der Waals surface area contributed by atoms with Crippen molar-refractivity contribution in [3.05, 3.63) is 24.3 Å². The van der Waals surface area contributed by atoms with Crippen LogP contribution >= 0.6 is 0 Å². The minimum absolute atomic E-state index is 0.112. The van der Waals surface area contributed by atoms with Crippen LogP contribution in [0.25, 0.3) is 0 Å². The van der Waals surface area contributed by atoms with Crippen LogP contribution in [0.15, 0.2) is 24.3 Å². The van der Waals surface area contributed by atoms with E-state index in [4.69, 9.17) is 4.74 Å². The van der Waals surface area contributed by atoms with Gasteiger partial charge in [0.15, 0.2) is 0 Å². The number of amides is 5. The highest BCUT2D eigenvalue weighted by molar-refractivity contribution is 6.38. The Bertz CT molecular complexity index is 1170. The lowest BCUT2D eigenvalue weighted by atomic mass is 9.85. The average Bonchev–Trinajstić information content (AvgIpc) is 3.71. The van der Waals surface area contributed by atoms with E-state index < -0.39 is 65.1 Å². The molecule has 5 atom stereocenters. The third kappa shape index (κ3) is 11.6. The second-order valence-electron chi connectivity index (χ2n) is 14.2. The molecule has 1 unspecified atom stereocenters. The van der Waals surface area contributed by atoms with Gasteiger partial charge in [-0.2, -0.15) is 0 Å². The van der Waals surface area contributed by atoms with E-state index in [9.17, 15) is 28.8 Å². The van der Waals surface area contributed by atoms with Crippen LogP contribution in [-0.4, -0.2) is 84.3 Å². The number of ketones is 1. The molecule has 12 heteroatoms. The first-order chi connectivity index (χ1) is 21.5. The van der Waals surface area contributed by atoms with Crippen LogP contribution in [0.3, 0.4) is 0 Å². The first kappa shape index (κ1) is 38.5. The summed E-state index contributed by atoms with van der Waals surface area (Å²) in [7, 11) is 0. The molecular weight excluding hydrogens is 590 g/mol. The molecule has 4 N–H and O–H groups in total. The molecule has 2 aliphatic rings. The van der Waals surface area contributed by atoms with Crippen LogP contribution in [0.2, 0.25) is 0 Å². The molecule has 46 heavy (non-hydrogen) atoms. The van der Waals surface area contributed by atoms with E-state index >= 15 is 0 Å². The quantitative estimate of drug-likeness (QED) is 0.114. The molecule has 5 amide bonds. The van der Waals surface area contributed by atoms with E-state index in [1.54, 1.807) is 34.6 Å². The predicted molar refractivity (Wildman–Crippen MR) is 175 cm³/mol. The van der Waals surface area contributed by atoms with Crippen molar-refractivity contribution >= 4 is 35.5 Å². The number of Topliss-reactive ketones (excluding diaryl/α,β-unsaturated/α-hetero) is 1. The highest BCUT2D eigenvalue weighted by atomic mass is 16.5. The molecule has 12 nitrogen and oxygen atoms in total. The zero-order valence-corrected chi connectivity index (χ0v) is 28.9. The van der Waals surface area contributed by atoms with Gasteiger partial charge in [0.25, 0.3) is 5.91 Å². The Labute approximate surface area is 273 Å². The molecule has 0 aromatic rings. The Balaban J connectivity index is 2.29. The summed E-state index contributed by atoms with van der Waals surface area (Å²) in [6.45, 7) is 18.9. The maximum Gasteiger partial charge on any atom is 0.328 e. The van der Waals surface area contributed by atoms with Crippen molar-refractivity contribution in [1.29, 1.82) is 0 Å². The molecule has 2 rings (SSSR count). The zero-order valence-electron chi connectivity index (χ0n) is 28.9. The van der Waals surface area contributed by atoms with Gasteiger partial charge in [0, 0.05) is 13.1 Å². The molecular formula is C34H55N5O7. The summed E-state index contributed by atoms with van der Waals surface area (Å²) >= 11 is 0. The van der Waals surface area contributed by atoms with Crippen molar-refractivity contribution in [2.45, 2.75) is 112 Å². The van der Waals surface area contributed by atoms with Gasteiger partial charge in [-0.3, -0.25) is 19.2 Å². The van der Waals surface area contributed by atoms with Gasteiger partial charge in [-0.05, 0) is 62.7 Å². The Morgan fingerprint density at radius 1 is 1.02 bits per heavy atom. The normalized spacial score (nSPS) is 19.7. The number of ether oxygens (including phenoxy) is 1. The lowest BCUT2D eigenvalue weighted by molar-refractivity contribution is -0.147. The van der Waals surface area contributed by atoms with Gasteiger partial charge in [-0.1, -0.05) is 65.7 Å². The fraction of sp³-hybridized carbons (Fsp3) is 0.706. The molecule has 0 aromatic carbocycles. The molecule has 0 spiro atoms. The SMILES string of the molecule is C=CCNC(=O)C(=O)C(CCC)NC(=O)[C@@H]1C[C@@H](C=C(C)C)CN1C(=O)[C@@H](NC(=O)N[C@H](C(=O)OCC1CC1)C(C)C)C(C)(C)C. The van der Waals surface area contributed by atoms with Gasteiger partial charge in [0.1, 0.15) is 18.1 Å². The minimum Gasteiger partial charge on any atom is -0.464 e. The first-order valence-electron chi connectivity index (χ1n) is 16.4. The van der Waals surface area contributed by atoms with Crippen LogP contribution in [-0.2, 0) is 28.7 Å². The Kier molecular flexibility index (Phi) is 14.5. The number of nitrogens with zero attached hydrogens (tertiary/aromatic N) is 1. The standard InChI is InChI=1S/C34H55N5O7/c1-10-12-24(27(40)30(42)35-15-11-2)36-29(41)25-17-23(16-20(3)4)18-39(25)31(43)28(34(7,8)9)38-33(45)37-26(21(5)6)32(44)46-19-22-13-14-22/h11,16,21-26,28H,2,10,12-15,17-19H2,1,3-9H3,(H,35,42)(H,36,41)(H2,37,38,45)/t23-,24?,25+,26+,28-/m1/s1. The van der Waals surface area contributed by atoms with Gasteiger partial charge >= 0.3 is 12.0 Å². The van der Waals surface area contributed by atoms with Crippen LogP contribution in [0, 0.1) is 23.2 Å². The summed E-state index contributed by atoms with van der Waals surface area (Å²) < 4.78 is 5.41. The van der Waals surface area contributed by atoms with E-state index in [2.05, 4.69) is 27.8 Å². The second kappa shape index (κ2) is 17.3. The summed E-state index contributed by atoms with van der Waals surface area (Å²) in [4.78, 5) is 80.7. The number of carbonyl (C=O) groups is 6. The smallest absolute Gasteiger partial charge is 0.328 e. The summed E-state index contributed by atoms with van der Waals surface area (Å²) in [5, 5.41) is 10.6. The van der Waals surface area contributed by atoms with Crippen molar-refractivity contribution < 1.29 is 33.5 Å². The maximum atomic E-state index is 14.2. The molecule has 258 valence electrons. The summed E-state index contributed by atoms with van der Waals surface area (Å²) in [6.07, 6.45) is 6.59. The third-order valence-corrected chi connectivity index (χ3v) is 8.08. The summed E-state index contributed by atoms with van der Waals surface area (Å²) in [5.41, 5.74) is 0.253. The van der Waals surface area contributed by atoms with E-state index in [0.29, 0.717) is 25.4 Å². The number of hydrogen-bond donors (Lipinski definition) is 4. The number of rotatable bonds is 16. The van der Waals surface area contributed by atoms with Gasteiger partial charge < -0.3 is 30.9 Å². The molecule has 0 radical (unpaired) electrons. The fourth-order valence-corrected chi connectivity index (χ4v) is 5.39. The molecule has 2 fully saturated rings. The highest BCUT2D eigenvalue weighted by Crippen LogP contribution is 2.31. The van der Waals surface area contributed by atoms with Crippen molar-refractivity contribution in [1.82, 2.24) is 26.2 Å². The molecule has 1 saturated heterocycles. The van der Waals surface area contributed by atoms with Crippen LogP contribution in [0.1, 0.15) is 87.5 Å². The molecule has 1 saturated carbocycles. The van der Waals surface area contributed by atoms with Crippen molar-refractivity contribution in [3.8, 4) is 0 Å². The van der Waals surface area contributed by atoms with E-state index in [1.807, 2.05) is 26.8 Å². The largest absolute Gasteiger partial charge is 0.464 e. The number of allylic oxidation sites excluding steroid dienone is 1. The van der Waals surface area contributed by atoms with Crippen LogP contribution in [0.4, 0.5) is 4.79 Å². The van der Waals surface area contributed by atoms with Gasteiger partial charge in [-0.15, -0.1) is 6.58 Å². The van der Waals surface area contributed by atoms with Gasteiger partial charge in [0.05, 0.1) is 12.6 Å². The number of hydrogen-bond acceptors (Lipinski definition) is 7. The fourth-order valence-electron chi connectivity index (χ4n) is 5.39. The third-order valence-electron chi connectivity index (χ3n) is 8.08. The first-order valence-corrected chi connectivity index (χ1v) is 16.4. The van der Waals surface area contributed by atoms with Crippen molar-refractivity contribution in [2.24, 2.45) is 23.2 Å². The Morgan fingerprint density at radius 2 is 1.67 bits per heavy atom. The average molecular weight is 646 g/mol. The van der Waals surface area contributed by atoms with E-state index in [0.717, 1.165) is 18.4 Å². The number of nitrogens with one attached hydrogen (secondary N) is 4. The highest BCUT2D eigenvalue weighted by Gasteiger charge is 2.45. The monoisotopic (exact) mass is 645 g/mol. The topological polar surface area (TPSA) is 163 Å². The number of urea groups is 1. The van der Waals surface area contributed by atoms with E-state index in [1.165, 1.54) is 11.0 Å². The summed E-state index contributed by atoms with van der Waals surface area (Å²) in [5.74, 6) is -3.14. The second-order valence-corrected chi connectivity index (χ2v) is 14.2. The van der Waals surface area contributed by atoms with Gasteiger partial charge in [0.2, 0.25) is 17.6 Å². The number of esters is 1. The molecule has 1 aliphatic heterocycles. The van der Waals surface area contributed by atoms with Crippen molar-refractivity contribution in [3.63, 3.8) is 0 Å². The minimum atomic E-state index is -1.06. The molecule has 1 heterocycles. The Hall–Kier alpha value is -3.70. The maximum absolute atomic E-state index is 14.2. The molecule has 1 aliphatic carbocycles.